The molecule has 0 bridgehead atoms. The Balaban J connectivity index is 3.73. The van der Waals surface area contributed by atoms with Crippen LogP contribution in [0.5, 0.6) is 0 Å². The molecule has 0 atom stereocenters. The van der Waals surface area contributed by atoms with Gasteiger partial charge in [-0.25, -0.2) is 0 Å². The van der Waals surface area contributed by atoms with Crippen molar-refractivity contribution >= 4 is 9.76 Å². The first-order valence-electron chi connectivity index (χ1n) is 8.77. The lowest BCUT2D eigenvalue weighted by atomic mass is 9.92. The van der Waals surface area contributed by atoms with Crippen molar-refractivity contribution in [3.63, 3.8) is 0 Å². The van der Waals surface area contributed by atoms with E-state index in [2.05, 4.69) is 51.8 Å². The molecule has 0 fully saturated rings. The normalized spacial score (nSPS) is 13.1. The fraction of sp³-hybridized carbons (Fsp3) is 1.00. The van der Waals surface area contributed by atoms with E-state index in [1.54, 1.807) is 0 Å². The van der Waals surface area contributed by atoms with E-state index in [-0.39, 0.29) is 9.76 Å². The van der Waals surface area contributed by atoms with Gasteiger partial charge in [0.15, 0.2) is 9.76 Å². The summed E-state index contributed by atoms with van der Waals surface area (Å²) < 4.78 is 6.00. The maximum absolute atomic E-state index is 6.00. The minimum Gasteiger partial charge on any atom is -0.424 e. The zero-order chi connectivity index (χ0) is 16.1. The molecule has 4 heteroatoms. The maximum atomic E-state index is 6.00. The Hall–Kier alpha value is 0.0969. The summed E-state index contributed by atoms with van der Waals surface area (Å²) in [5.74, 6) is 0. The third kappa shape index (κ3) is 13.5. The molecule has 0 aliphatic heterocycles. The molecule has 0 heterocycles. The first kappa shape index (κ1) is 21.1. The summed E-state index contributed by atoms with van der Waals surface area (Å²) in [6.45, 7) is 7.98. The zero-order valence-electron chi connectivity index (χ0n) is 15.6. The Morgan fingerprint density at radius 3 is 1.90 bits per heavy atom. The summed E-state index contributed by atoms with van der Waals surface area (Å²) in [4.78, 5) is 4.62. The second-order valence-corrected chi connectivity index (χ2v) is 8.73. The predicted molar refractivity (Wildman–Crippen MR) is 97.9 cm³/mol. The third-order valence-corrected chi connectivity index (χ3v) is 5.88. The van der Waals surface area contributed by atoms with Gasteiger partial charge in [0.2, 0.25) is 0 Å². The van der Waals surface area contributed by atoms with E-state index in [9.17, 15) is 0 Å². The molecule has 0 rings (SSSR count). The number of hydrogen-bond donors (Lipinski definition) is 0. The quantitative estimate of drug-likeness (QED) is 0.362. The van der Waals surface area contributed by atoms with Gasteiger partial charge in [-0.05, 0) is 46.1 Å². The molecule has 0 amide bonds. The molecule has 0 saturated carbocycles. The van der Waals surface area contributed by atoms with Crippen molar-refractivity contribution in [1.29, 1.82) is 0 Å². The van der Waals surface area contributed by atoms with Crippen molar-refractivity contribution in [2.24, 2.45) is 5.41 Å². The number of rotatable bonds is 14. The Labute approximate surface area is 136 Å². The molecule has 0 aromatic heterocycles. The fourth-order valence-corrected chi connectivity index (χ4v) is 4.50. The van der Waals surface area contributed by atoms with Crippen molar-refractivity contribution in [3.8, 4) is 0 Å². The first-order valence-corrected chi connectivity index (χ1v) is 10.3. The second kappa shape index (κ2) is 12.6. The first-order chi connectivity index (χ1) is 9.89. The number of hydrogen-bond acceptors (Lipinski definition) is 3. The SMILES string of the molecule is CCCCCCCCO[SiH2]CC(C)(CN(C)C)CN(C)C. The zero-order valence-corrected chi connectivity index (χ0v) is 17.0. The second-order valence-electron chi connectivity index (χ2n) is 7.42. The van der Waals surface area contributed by atoms with Crippen LogP contribution in [0, 0.1) is 5.41 Å². The minimum absolute atomic E-state index is 0.375. The smallest absolute Gasteiger partial charge is 0.162 e. The molecule has 0 aliphatic rings. The monoisotopic (exact) mass is 316 g/mol. The van der Waals surface area contributed by atoms with Gasteiger partial charge in [0.05, 0.1) is 0 Å². The molecule has 0 aliphatic carbocycles. The average molecular weight is 317 g/mol. The van der Waals surface area contributed by atoms with Crippen molar-refractivity contribution in [2.75, 3.05) is 47.9 Å². The molecule has 0 saturated heterocycles. The molecule has 3 nitrogen and oxygen atoms in total. The van der Waals surface area contributed by atoms with Crippen LogP contribution in [0.15, 0.2) is 0 Å². The molecule has 21 heavy (non-hydrogen) atoms. The summed E-state index contributed by atoms with van der Waals surface area (Å²) >= 11 is 0. The highest BCUT2D eigenvalue weighted by molar-refractivity contribution is 6.27. The van der Waals surface area contributed by atoms with Crippen LogP contribution < -0.4 is 0 Å². The molecule has 0 N–H and O–H groups in total. The van der Waals surface area contributed by atoms with Gasteiger partial charge in [0.1, 0.15) is 0 Å². The lowest BCUT2D eigenvalue weighted by Crippen LogP contribution is -2.40. The van der Waals surface area contributed by atoms with Crippen LogP contribution in [-0.4, -0.2) is 67.5 Å². The summed E-state index contributed by atoms with van der Waals surface area (Å²) in [7, 11) is 8.32. The summed E-state index contributed by atoms with van der Waals surface area (Å²) in [6.07, 6.45) is 8.12. The van der Waals surface area contributed by atoms with Crippen molar-refractivity contribution in [3.05, 3.63) is 0 Å². The maximum Gasteiger partial charge on any atom is 0.162 e. The van der Waals surface area contributed by atoms with Crippen molar-refractivity contribution < 1.29 is 4.43 Å². The van der Waals surface area contributed by atoms with Crippen LogP contribution in [0.1, 0.15) is 52.4 Å². The van der Waals surface area contributed by atoms with E-state index in [4.69, 9.17) is 4.43 Å². The van der Waals surface area contributed by atoms with Gasteiger partial charge in [-0.3, -0.25) is 0 Å². The average Bonchev–Trinajstić information content (AvgIpc) is 2.34. The van der Waals surface area contributed by atoms with Gasteiger partial charge < -0.3 is 14.2 Å². The van der Waals surface area contributed by atoms with Gasteiger partial charge in [-0.15, -0.1) is 0 Å². The van der Waals surface area contributed by atoms with Crippen molar-refractivity contribution in [1.82, 2.24) is 9.80 Å². The fourth-order valence-electron chi connectivity index (χ4n) is 3.14. The Morgan fingerprint density at radius 2 is 1.38 bits per heavy atom. The van der Waals surface area contributed by atoms with E-state index >= 15 is 0 Å². The molecule has 0 radical (unpaired) electrons. The topological polar surface area (TPSA) is 15.7 Å². The van der Waals surface area contributed by atoms with Gasteiger partial charge in [-0.1, -0.05) is 46.0 Å². The van der Waals surface area contributed by atoms with E-state index < -0.39 is 0 Å². The number of nitrogens with zero attached hydrogens (tertiary/aromatic N) is 2. The lowest BCUT2D eigenvalue weighted by Gasteiger charge is -2.34. The van der Waals surface area contributed by atoms with Gasteiger partial charge in [0, 0.05) is 19.7 Å². The largest absolute Gasteiger partial charge is 0.424 e. The van der Waals surface area contributed by atoms with E-state index in [0.29, 0.717) is 5.41 Å². The molecular weight excluding hydrogens is 276 g/mol. The van der Waals surface area contributed by atoms with Gasteiger partial charge in [-0.2, -0.15) is 0 Å². The summed E-state index contributed by atoms with van der Waals surface area (Å²) in [6, 6.07) is 1.28. The van der Waals surface area contributed by atoms with Crippen LogP contribution in [0.25, 0.3) is 0 Å². The standard InChI is InChI=1S/C17H40N2OSi/c1-7-8-9-10-11-12-13-20-21-16-17(2,14-18(3)4)15-19(5)6/h7-16,21H2,1-6H3. The molecule has 0 aromatic rings. The van der Waals surface area contributed by atoms with Crippen molar-refractivity contribution in [2.45, 2.75) is 58.4 Å². The van der Waals surface area contributed by atoms with Gasteiger partial charge in [0.25, 0.3) is 0 Å². The highest BCUT2D eigenvalue weighted by Gasteiger charge is 2.25. The Morgan fingerprint density at radius 1 is 0.857 bits per heavy atom. The Kier molecular flexibility index (Phi) is 12.7. The highest BCUT2D eigenvalue weighted by Crippen LogP contribution is 2.23. The molecule has 0 unspecified atom stereocenters. The summed E-state index contributed by atoms with van der Waals surface area (Å²) in [5.41, 5.74) is 0.375. The minimum atomic E-state index is -0.376. The van der Waals surface area contributed by atoms with Gasteiger partial charge >= 0.3 is 0 Å². The number of unbranched alkanes of at least 4 members (excludes halogenated alkanes) is 5. The molecule has 128 valence electrons. The highest BCUT2D eigenvalue weighted by atomic mass is 28.2. The molecular formula is C17H40N2OSi. The summed E-state index contributed by atoms with van der Waals surface area (Å²) in [5, 5.41) is 0. The van der Waals surface area contributed by atoms with Crippen LogP contribution in [0.3, 0.4) is 0 Å². The molecule has 0 aromatic carbocycles. The van der Waals surface area contributed by atoms with E-state index in [0.717, 1.165) is 19.7 Å². The van der Waals surface area contributed by atoms with Crippen LogP contribution >= 0.6 is 0 Å². The predicted octanol–water partition coefficient (Wildman–Crippen LogP) is 3.00. The lowest BCUT2D eigenvalue weighted by molar-refractivity contribution is 0.176. The molecule has 0 spiro atoms. The third-order valence-electron chi connectivity index (χ3n) is 3.89. The van der Waals surface area contributed by atoms with Crippen LogP contribution in [0.4, 0.5) is 0 Å². The van der Waals surface area contributed by atoms with E-state index in [1.807, 2.05) is 0 Å². The van der Waals surface area contributed by atoms with Crippen LogP contribution in [-0.2, 0) is 4.43 Å². The van der Waals surface area contributed by atoms with Crippen LogP contribution in [0.2, 0.25) is 6.04 Å². The Bertz CT molecular complexity index is 225. The van der Waals surface area contributed by atoms with E-state index in [1.165, 1.54) is 44.6 Å².